The second-order valence-corrected chi connectivity index (χ2v) is 4.02. The van der Waals surface area contributed by atoms with E-state index in [0.717, 1.165) is 11.3 Å². The van der Waals surface area contributed by atoms with Gasteiger partial charge in [-0.25, -0.2) is 0 Å². The van der Waals surface area contributed by atoms with Crippen LogP contribution in [0.5, 0.6) is 0 Å². The molecule has 0 fully saturated rings. The van der Waals surface area contributed by atoms with Crippen molar-refractivity contribution in [3.05, 3.63) is 28.8 Å². The zero-order valence-electron chi connectivity index (χ0n) is 8.45. The first-order valence-corrected chi connectivity index (χ1v) is 6.06. The Morgan fingerprint density at radius 3 is 2.38 bits per heavy atom. The van der Waals surface area contributed by atoms with Crippen molar-refractivity contribution in [2.45, 2.75) is 5.33 Å². The van der Waals surface area contributed by atoms with E-state index in [0.29, 0.717) is 10.4 Å². The quantitative estimate of drug-likeness (QED) is 0.634. The number of benzene rings is 1. The van der Waals surface area contributed by atoms with E-state index in [1.165, 1.54) is 0 Å². The molecule has 0 amide bonds. The van der Waals surface area contributed by atoms with E-state index in [-0.39, 0.29) is 13.1 Å². The molecule has 0 saturated carbocycles. The summed E-state index contributed by atoms with van der Waals surface area (Å²) in [5.74, 6) is 0. The Balaban J connectivity index is 3.17. The van der Waals surface area contributed by atoms with Gasteiger partial charge in [-0.15, -0.1) is 0 Å². The minimum atomic E-state index is 0.150. The van der Waals surface area contributed by atoms with Gasteiger partial charge in [0.2, 0.25) is 0 Å². The van der Waals surface area contributed by atoms with Crippen LogP contribution in [0.3, 0.4) is 0 Å². The van der Waals surface area contributed by atoms with Gasteiger partial charge in [0.15, 0.2) is 0 Å². The largest absolute Gasteiger partial charge is 0.343 e. The van der Waals surface area contributed by atoms with Crippen LogP contribution in [-0.4, -0.2) is 13.1 Å². The van der Waals surface area contributed by atoms with Crippen molar-refractivity contribution in [3.63, 3.8) is 0 Å². The second-order valence-electron chi connectivity index (χ2n) is 3.05. The number of rotatable bonds is 4. The van der Waals surface area contributed by atoms with Crippen LogP contribution < -0.4 is 4.90 Å². The van der Waals surface area contributed by atoms with Crippen molar-refractivity contribution in [3.8, 4) is 12.1 Å². The summed E-state index contributed by atoms with van der Waals surface area (Å²) >= 11 is 9.45. The summed E-state index contributed by atoms with van der Waals surface area (Å²) in [6.45, 7) is 0.300. The van der Waals surface area contributed by atoms with Gasteiger partial charge in [-0.2, -0.15) is 10.5 Å². The maximum atomic E-state index is 8.72. The molecule has 0 unspecified atom stereocenters. The van der Waals surface area contributed by atoms with Gasteiger partial charge in [0.05, 0.1) is 22.8 Å². The van der Waals surface area contributed by atoms with Crippen LogP contribution in [0.2, 0.25) is 5.02 Å². The lowest BCUT2D eigenvalue weighted by atomic mass is 10.2. The summed E-state index contributed by atoms with van der Waals surface area (Å²) in [6, 6.07) is 9.58. The van der Waals surface area contributed by atoms with Gasteiger partial charge >= 0.3 is 0 Å². The molecular formula is C11H9BrClN3. The lowest BCUT2D eigenvalue weighted by Gasteiger charge is -2.22. The molecule has 0 aliphatic rings. The Morgan fingerprint density at radius 2 is 1.88 bits per heavy atom. The van der Waals surface area contributed by atoms with Crippen molar-refractivity contribution in [1.29, 1.82) is 10.5 Å². The van der Waals surface area contributed by atoms with E-state index in [9.17, 15) is 0 Å². The molecule has 1 aromatic rings. The number of hydrogen-bond acceptors (Lipinski definition) is 3. The number of nitrogens with zero attached hydrogens (tertiary/aromatic N) is 3. The molecule has 0 atom stereocenters. The molecule has 0 heterocycles. The van der Waals surface area contributed by atoms with Gasteiger partial charge in [-0.05, 0) is 11.6 Å². The molecule has 16 heavy (non-hydrogen) atoms. The van der Waals surface area contributed by atoms with E-state index in [1.807, 2.05) is 24.3 Å². The number of anilines is 1. The fourth-order valence-corrected chi connectivity index (χ4v) is 2.17. The van der Waals surface area contributed by atoms with Crippen molar-refractivity contribution in [1.82, 2.24) is 0 Å². The van der Waals surface area contributed by atoms with Gasteiger partial charge in [0.1, 0.15) is 13.1 Å². The van der Waals surface area contributed by atoms with E-state index in [4.69, 9.17) is 22.1 Å². The molecule has 0 saturated heterocycles. The monoisotopic (exact) mass is 297 g/mol. The Morgan fingerprint density at radius 1 is 1.25 bits per heavy atom. The maximum Gasteiger partial charge on any atom is 0.107 e. The number of nitriles is 2. The highest BCUT2D eigenvalue weighted by Crippen LogP contribution is 2.31. The summed E-state index contributed by atoms with van der Waals surface area (Å²) < 4.78 is 0. The lowest BCUT2D eigenvalue weighted by molar-refractivity contribution is 0.958. The van der Waals surface area contributed by atoms with Gasteiger partial charge in [0.25, 0.3) is 0 Å². The van der Waals surface area contributed by atoms with Crippen molar-refractivity contribution >= 4 is 33.2 Å². The van der Waals surface area contributed by atoms with Crippen molar-refractivity contribution in [2.24, 2.45) is 0 Å². The first-order valence-electron chi connectivity index (χ1n) is 4.56. The predicted octanol–water partition coefficient (Wildman–Crippen LogP) is 3.09. The summed E-state index contributed by atoms with van der Waals surface area (Å²) in [7, 11) is 0. The van der Waals surface area contributed by atoms with Crippen LogP contribution in [-0.2, 0) is 5.33 Å². The zero-order valence-corrected chi connectivity index (χ0v) is 10.8. The highest BCUT2D eigenvalue weighted by Gasteiger charge is 2.13. The normalized spacial score (nSPS) is 9.25. The number of halogens is 2. The number of hydrogen-bond donors (Lipinski definition) is 0. The van der Waals surface area contributed by atoms with Crippen LogP contribution in [0.4, 0.5) is 5.69 Å². The van der Waals surface area contributed by atoms with Crippen LogP contribution in [0.25, 0.3) is 0 Å². The standard InChI is InChI=1S/C11H9BrClN3/c12-8-9-2-1-3-10(13)11(9)16(6-4-14)7-5-15/h1-3H,6-8H2. The van der Waals surface area contributed by atoms with Crippen LogP contribution >= 0.6 is 27.5 Å². The molecule has 1 rings (SSSR count). The molecule has 0 aliphatic heterocycles. The molecule has 0 radical (unpaired) electrons. The molecular weight excluding hydrogens is 289 g/mol. The highest BCUT2D eigenvalue weighted by atomic mass is 79.9. The average molecular weight is 299 g/mol. The maximum absolute atomic E-state index is 8.72. The third kappa shape index (κ3) is 2.88. The van der Waals surface area contributed by atoms with Gasteiger partial charge in [0, 0.05) is 5.33 Å². The predicted molar refractivity (Wildman–Crippen MR) is 67.5 cm³/mol. The first kappa shape index (κ1) is 12.8. The molecule has 82 valence electrons. The van der Waals surface area contributed by atoms with Gasteiger partial charge in [-0.1, -0.05) is 39.7 Å². The molecule has 1 aromatic carbocycles. The Labute approximate surface area is 108 Å². The first-order chi connectivity index (χ1) is 7.74. The molecule has 0 spiro atoms. The van der Waals surface area contributed by atoms with Crippen LogP contribution in [0.1, 0.15) is 5.56 Å². The third-order valence-corrected chi connectivity index (χ3v) is 2.96. The van der Waals surface area contributed by atoms with E-state index < -0.39 is 0 Å². The van der Waals surface area contributed by atoms with Crippen LogP contribution in [0, 0.1) is 22.7 Å². The zero-order chi connectivity index (χ0) is 12.0. The fourth-order valence-electron chi connectivity index (χ4n) is 1.41. The molecule has 0 aromatic heterocycles. The summed E-state index contributed by atoms with van der Waals surface area (Å²) in [4.78, 5) is 1.67. The lowest BCUT2D eigenvalue weighted by Crippen LogP contribution is -2.25. The van der Waals surface area contributed by atoms with Gasteiger partial charge < -0.3 is 4.90 Å². The van der Waals surface area contributed by atoms with Crippen LogP contribution in [0.15, 0.2) is 18.2 Å². The topological polar surface area (TPSA) is 50.8 Å². The van der Waals surface area contributed by atoms with Gasteiger partial charge in [-0.3, -0.25) is 0 Å². The van der Waals surface area contributed by atoms with E-state index in [2.05, 4.69) is 15.9 Å². The summed E-state index contributed by atoms with van der Waals surface area (Å²) in [5.41, 5.74) is 1.72. The van der Waals surface area contributed by atoms with Crippen molar-refractivity contribution in [2.75, 3.05) is 18.0 Å². The second kappa shape index (κ2) is 6.37. The van der Waals surface area contributed by atoms with E-state index in [1.54, 1.807) is 11.0 Å². The highest BCUT2D eigenvalue weighted by molar-refractivity contribution is 9.08. The summed E-state index contributed by atoms with van der Waals surface area (Å²) in [6.07, 6.45) is 0. The minimum Gasteiger partial charge on any atom is -0.343 e. The molecule has 0 bridgehead atoms. The fraction of sp³-hybridized carbons (Fsp3) is 0.273. The number of alkyl halides is 1. The Bertz CT molecular complexity index is 432. The SMILES string of the molecule is N#CCN(CC#N)c1c(Cl)cccc1CBr. The smallest absolute Gasteiger partial charge is 0.107 e. The van der Waals surface area contributed by atoms with E-state index >= 15 is 0 Å². The third-order valence-electron chi connectivity index (χ3n) is 2.05. The molecule has 0 N–H and O–H groups in total. The Hall–Kier alpha value is -1.23. The molecule has 5 heteroatoms. The average Bonchev–Trinajstić information content (AvgIpc) is 2.28. The van der Waals surface area contributed by atoms with Crippen molar-refractivity contribution < 1.29 is 0 Å². The number of para-hydroxylation sites is 1. The summed E-state index contributed by atoms with van der Waals surface area (Å²) in [5, 5.41) is 18.6. The molecule has 0 aliphatic carbocycles. The molecule has 3 nitrogen and oxygen atoms in total. The minimum absolute atomic E-state index is 0.150. The Kier molecular flexibility index (Phi) is 5.11.